The summed E-state index contributed by atoms with van der Waals surface area (Å²) in [6.45, 7) is 0.0416. The number of ketones is 1. The van der Waals surface area contributed by atoms with E-state index in [0.717, 1.165) is 30.2 Å². The highest BCUT2D eigenvalue weighted by molar-refractivity contribution is 6.33. The quantitative estimate of drug-likeness (QED) is 0.221. The highest BCUT2D eigenvalue weighted by atomic mass is 35.5. The van der Waals surface area contributed by atoms with Crippen molar-refractivity contribution >= 4 is 40.6 Å². The molecule has 0 atom stereocenters. The number of nitro benzene ring substituents is 1. The first-order valence-electron chi connectivity index (χ1n) is 10.5. The SMILES string of the molecule is O=C(OCC(=O)N1CCCc2ccccc21)c1ccccc1C(=O)c1ccc(Cl)c([N+](=O)[O-])c1. The van der Waals surface area contributed by atoms with Crippen LogP contribution in [0.5, 0.6) is 0 Å². The van der Waals surface area contributed by atoms with Crippen LogP contribution in [0.4, 0.5) is 11.4 Å². The van der Waals surface area contributed by atoms with Crippen LogP contribution in [-0.4, -0.2) is 35.7 Å². The number of halogens is 1. The van der Waals surface area contributed by atoms with Crippen molar-refractivity contribution in [2.45, 2.75) is 12.8 Å². The summed E-state index contributed by atoms with van der Waals surface area (Å²) < 4.78 is 5.25. The van der Waals surface area contributed by atoms with Gasteiger partial charge in [-0.3, -0.25) is 19.7 Å². The number of hydrogen-bond acceptors (Lipinski definition) is 6. The summed E-state index contributed by atoms with van der Waals surface area (Å²) in [7, 11) is 0. The molecule has 0 aliphatic carbocycles. The number of benzene rings is 3. The van der Waals surface area contributed by atoms with Gasteiger partial charge in [-0.25, -0.2) is 4.79 Å². The molecular weight excluding hydrogens is 460 g/mol. The van der Waals surface area contributed by atoms with E-state index in [9.17, 15) is 24.5 Å². The molecule has 0 bridgehead atoms. The van der Waals surface area contributed by atoms with Gasteiger partial charge in [-0.15, -0.1) is 0 Å². The molecule has 1 aliphatic rings. The third-order valence-electron chi connectivity index (χ3n) is 5.53. The van der Waals surface area contributed by atoms with Crippen molar-refractivity contribution in [3.8, 4) is 0 Å². The maximum absolute atomic E-state index is 13.0. The number of amides is 1. The van der Waals surface area contributed by atoms with Crippen molar-refractivity contribution in [3.63, 3.8) is 0 Å². The minimum absolute atomic E-state index is 0.000104. The predicted octanol–water partition coefficient (Wildman–Crippen LogP) is 4.62. The molecule has 0 fully saturated rings. The number of anilines is 1. The van der Waals surface area contributed by atoms with Crippen LogP contribution in [0.25, 0.3) is 0 Å². The fourth-order valence-electron chi connectivity index (χ4n) is 3.88. The van der Waals surface area contributed by atoms with Crippen molar-refractivity contribution in [2.75, 3.05) is 18.1 Å². The van der Waals surface area contributed by atoms with Gasteiger partial charge < -0.3 is 9.64 Å². The second-order valence-corrected chi connectivity index (χ2v) is 8.06. The number of carbonyl (C=O) groups is 3. The molecule has 9 heteroatoms. The summed E-state index contributed by atoms with van der Waals surface area (Å²) >= 11 is 5.83. The fourth-order valence-corrected chi connectivity index (χ4v) is 4.07. The van der Waals surface area contributed by atoms with E-state index in [0.29, 0.717) is 6.54 Å². The number of nitro groups is 1. The van der Waals surface area contributed by atoms with Crippen molar-refractivity contribution in [1.29, 1.82) is 0 Å². The lowest BCUT2D eigenvalue weighted by atomic mass is 9.98. The molecule has 34 heavy (non-hydrogen) atoms. The van der Waals surface area contributed by atoms with Gasteiger partial charge in [0.15, 0.2) is 12.4 Å². The van der Waals surface area contributed by atoms with E-state index in [4.69, 9.17) is 16.3 Å². The Kier molecular flexibility index (Phi) is 6.70. The highest BCUT2D eigenvalue weighted by Gasteiger charge is 2.25. The van der Waals surface area contributed by atoms with Crippen molar-refractivity contribution in [1.82, 2.24) is 0 Å². The summed E-state index contributed by atoms with van der Waals surface area (Å²) in [6.07, 6.45) is 1.68. The van der Waals surface area contributed by atoms with E-state index < -0.39 is 29.0 Å². The maximum atomic E-state index is 13.0. The Balaban J connectivity index is 1.52. The van der Waals surface area contributed by atoms with Gasteiger partial charge in [0.2, 0.25) is 0 Å². The molecule has 1 heterocycles. The zero-order valence-corrected chi connectivity index (χ0v) is 18.7. The van der Waals surface area contributed by atoms with Crippen LogP contribution in [-0.2, 0) is 16.0 Å². The largest absolute Gasteiger partial charge is 0.452 e. The lowest BCUT2D eigenvalue weighted by Crippen LogP contribution is -2.38. The van der Waals surface area contributed by atoms with Crippen LogP contribution < -0.4 is 4.90 Å². The van der Waals surface area contributed by atoms with Gasteiger partial charge in [0.25, 0.3) is 11.6 Å². The normalized spacial score (nSPS) is 12.6. The van der Waals surface area contributed by atoms with Gasteiger partial charge in [-0.05, 0) is 42.7 Å². The van der Waals surface area contributed by atoms with Crippen molar-refractivity contribution in [3.05, 3.63) is 104 Å². The van der Waals surface area contributed by atoms with Gasteiger partial charge in [-0.1, -0.05) is 48.0 Å². The first-order chi connectivity index (χ1) is 16.4. The molecule has 0 saturated carbocycles. The number of hydrogen-bond donors (Lipinski definition) is 0. The number of para-hydroxylation sites is 1. The van der Waals surface area contributed by atoms with Crippen LogP contribution in [0, 0.1) is 10.1 Å². The Hall–Kier alpha value is -4.04. The molecule has 0 saturated heterocycles. The summed E-state index contributed by atoms with van der Waals surface area (Å²) in [5.74, 6) is -1.81. The van der Waals surface area contributed by atoms with Gasteiger partial charge in [0, 0.05) is 29.4 Å². The molecule has 0 spiro atoms. The topological polar surface area (TPSA) is 107 Å². The van der Waals surface area contributed by atoms with Gasteiger partial charge in [0.05, 0.1) is 10.5 Å². The average Bonchev–Trinajstić information content (AvgIpc) is 2.86. The monoisotopic (exact) mass is 478 g/mol. The smallest absolute Gasteiger partial charge is 0.339 e. The second-order valence-electron chi connectivity index (χ2n) is 7.65. The van der Waals surface area contributed by atoms with E-state index in [-0.39, 0.29) is 27.6 Å². The standard InChI is InChI=1S/C25H19ClN2O6/c26-20-12-11-17(14-22(20)28(32)33)24(30)18-8-2-3-9-19(18)25(31)34-15-23(29)27-13-5-7-16-6-1-4-10-21(16)27/h1-4,6,8-12,14H,5,7,13,15H2. The van der Waals surface area contributed by atoms with Crippen LogP contribution in [0.15, 0.2) is 66.7 Å². The molecule has 0 unspecified atom stereocenters. The lowest BCUT2D eigenvalue weighted by molar-refractivity contribution is -0.384. The molecule has 0 N–H and O–H groups in total. The van der Waals surface area contributed by atoms with Gasteiger partial charge in [0.1, 0.15) is 5.02 Å². The van der Waals surface area contributed by atoms with E-state index in [1.54, 1.807) is 17.0 Å². The number of rotatable bonds is 6. The first kappa shape index (κ1) is 23.1. The maximum Gasteiger partial charge on any atom is 0.339 e. The van der Waals surface area contributed by atoms with Crippen LogP contribution >= 0.6 is 11.6 Å². The molecular formula is C25H19ClN2O6. The van der Waals surface area contributed by atoms with Crippen molar-refractivity contribution in [2.24, 2.45) is 0 Å². The van der Waals surface area contributed by atoms with E-state index >= 15 is 0 Å². The number of fused-ring (bicyclic) bond motifs is 1. The lowest BCUT2D eigenvalue weighted by Gasteiger charge is -2.29. The van der Waals surface area contributed by atoms with Crippen LogP contribution in [0.2, 0.25) is 5.02 Å². The number of ether oxygens (including phenoxy) is 1. The number of carbonyl (C=O) groups excluding carboxylic acids is 3. The van der Waals surface area contributed by atoms with Crippen LogP contribution in [0.1, 0.15) is 38.3 Å². The predicted molar refractivity (Wildman–Crippen MR) is 125 cm³/mol. The fraction of sp³-hybridized carbons (Fsp3) is 0.160. The number of aryl methyl sites for hydroxylation is 1. The summed E-state index contributed by atoms with van der Waals surface area (Å²) in [6, 6.07) is 17.2. The molecule has 1 amide bonds. The Bertz CT molecular complexity index is 1310. The van der Waals surface area contributed by atoms with Crippen molar-refractivity contribution < 1.29 is 24.0 Å². The minimum atomic E-state index is -0.842. The third-order valence-corrected chi connectivity index (χ3v) is 5.85. The molecule has 4 rings (SSSR count). The zero-order chi connectivity index (χ0) is 24.2. The molecule has 3 aromatic carbocycles. The van der Waals surface area contributed by atoms with Crippen LogP contribution in [0.3, 0.4) is 0 Å². The third kappa shape index (κ3) is 4.67. The highest BCUT2D eigenvalue weighted by Crippen LogP contribution is 2.28. The molecule has 172 valence electrons. The summed E-state index contributed by atoms with van der Waals surface area (Å²) in [5, 5.41) is 11.1. The Morgan fingerprint density at radius 3 is 2.47 bits per heavy atom. The molecule has 0 radical (unpaired) electrons. The molecule has 0 aromatic heterocycles. The molecule has 1 aliphatic heterocycles. The Morgan fingerprint density at radius 1 is 1.00 bits per heavy atom. The number of nitrogens with zero attached hydrogens (tertiary/aromatic N) is 2. The second kappa shape index (κ2) is 9.84. The van der Waals surface area contributed by atoms with E-state index in [1.807, 2.05) is 24.3 Å². The Labute approximate surface area is 199 Å². The first-order valence-corrected chi connectivity index (χ1v) is 10.9. The number of esters is 1. The molecule has 8 nitrogen and oxygen atoms in total. The summed E-state index contributed by atoms with van der Waals surface area (Å²) in [5.41, 5.74) is 1.39. The Morgan fingerprint density at radius 2 is 1.71 bits per heavy atom. The molecule has 3 aromatic rings. The van der Waals surface area contributed by atoms with Gasteiger partial charge in [-0.2, -0.15) is 0 Å². The van der Waals surface area contributed by atoms with E-state index in [1.165, 1.54) is 24.3 Å². The minimum Gasteiger partial charge on any atom is -0.452 e. The zero-order valence-electron chi connectivity index (χ0n) is 17.9. The summed E-state index contributed by atoms with van der Waals surface area (Å²) in [4.78, 5) is 50.7. The van der Waals surface area contributed by atoms with E-state index in [2.05, 4.69) is 0 Å². The average molecular weight is 479 g/mol. The van der Waals surface area contributed by atoms with Gasteiger partial charge >= 0.3 is 5.97 Å².